The van der Waals surface area contributed by atoms with Gasteiger partial charge in [0, 0.05) is 12.0 Å². The van der Waals surface area contributed by atoms with Gasteiger partial charge in [0.15, 0.2) is 5.82 Å². The zero-order chi connectivity index (χ0) is 15.3. The highest BCUT2D eigenvalue weighted by Gasteiger charge is 2.26. The summed E-state index contributed by atoms with van der Waals surface area (Å²) in [6.07, 6.45) is 1.32. The number of hydrogen-bond donors (Lipinski definition) is 3. The van der Waals surface area contributed by atoms with E-state index in [1.54, 1.807) is 0 Å². The first-order valence-electron chi connectivity index (χ1n) is 6.52. The lowest BCUT2D eigenvalue weighted by atomic mass is 9.83. The lowest BCUT2D eigenvalue weighted by Gasteiger charge is -2.29. The molecular formula is C14H20F2N2O2. The normalized spacial score (nSPS) is 11.4. The van der Waals surface area contributed by atoms with Crippen molar-refractivity contribution in [3.63, 3.8) is 0 Å². The topological polar surface area (TPSA) is 75.3 Å². The Kier molecular flexibility index (Phi) is 5.44. The molecule has 0 fully saturated rings. The fourth-order valence-electron chi connectivity index (χ4n) is 1.92. The third-order valence-electron chi connectivity index (χ3n) is 3.77. The van der Waals surface area contributed by atoms with Gasteiger partial charge < -0.3 is 16.2 Å². The van der Waals surface area contributed by atoms with E-state index in [-0.39, 0.29) is 13.2 Å². The minimum Gasteiger partial charge on any atom is -0.396 e. The first-order valence-corrected chi connectivity index (χ1v) is 6.52. The highest BCUT2D eigenvalue weighted by molar-refractivity contribution is 5.95. The molecule has 20 heavy (non-hydrogen) atoms. The lowest BCUT2D eigenvalue weighted by Crippen LogP contribution is -2.39. The quantitative estimate of drug-likeness (QED) is 0.701. The third-order valence-corrected chi connectivity index (χ3v) is 3.77. The Hall–Kier alpha value is -1.69. The predicted molar refractivity (Wildman–Crippen MR) is 73.2 cm³/mol. The minimum absolute atomic E-state index is 0.0892. The van der Waals surface area contributed by atoms with Crippen molar-refractivity contribution in [2.24, 2.45) is 5.41 Å². The summed E-state index contributed by atoms with van der Waals surface area (Å²) in [5.41, 5.74) is 3.99. The molecular weight excluding hydrogens is 266 g/mol. The molecule has 0 aliphatic carbocycles. The maximum atomic E-state index is 13.7. The molecule has 0 aliphatic rings. The van der Waals surface area contributed by atoms with Crippen LogP contribution >= 0.6 is 0 Å². The van der Waals surface area contributed by atoms with E-state index in [0.717, 1.165) is 12.1 Å². The Morgan fingerprint density at radius 3 is 2.45 bits per heavy atom. The van der Waals surface area contributed by atoms with Crippen molar-refractivity contribution in [3.8, 4) is 0 Å². The number of anilines is 1. The van der Waals surface area contributed by atoms with Crippen LogP contribution in [0.1, 0.15) is 37.0 Å². The van der Waals surface area contributed by atoms with Crippen molar-refractivity contribution in [1.82, 2.24) is 5.32 Å². The maximum Gasteiger partial charge on any atom is 0.254 e. The summed E-state index contributed by atoms with van der Waals surface area (Å²) >= 11 is 0. The van der Waals surface area contributed by atoms with Crippen LogP contribution in [0.25, 0.3) is 0 Å². The Morgan fingerprint density at radius 1 is 1.35 bits per heavy atom. The first kappa shape index (κ1) is 16.4. The number of halogens is 2. The average Bonchev–Trinajstić information content (AvgIpc) is 2.44. The van der Waals surface area contributed by atoms with Gasteiger partial charge in [0.05, 0.1) is 17.9 Å². The summed E-state index contributed by atoms with van der Waals surface area (Å²) in [5, 5.41) is 11.9. The molecule has 6 heteroatoms. The number of nitrogens with two attached hydrogens (primary N) is 1. The largest absolute Gasteiger partial charge is 0.396 e. The SMILES string of the molecule is CCC(CC)(CO)CNC(=O)c1cc(F)cc(N)c1F. The van der Waals surface area contributed by atoms with Crippen LogP contribution in [0.2, 0.25) is 0 Å². The van der Waals surface area contributed by atoms with Crippen molar-refractivity contribution in [3.05, 3.63) is 29.3 Å². The third kappa shape index (κ3) is 3.45. The summed E-state index contributed by atoms with van der Waals surface area (Å²) in [6.45, 7) is 3.89. The number of benzene rings is 1. The van der Waals surface area contributed by atoms with E-state index in [4.69, 9.17) is 5.73 Å². The molecule has 0 heterocycles. The summed E-state index contributed by atoms with van der Waals surface area (Å²) in [5.74, 6) is -2.45. The molecule has 0 unspecified atom stereocenters. The molecule has 4 N–H and O–H groups in total. The van der Waals surface area contributed by atoms with Crippen molar-refractivity contribution in [2.45, 2.75) is 26.7 Å². The van der Waals surface area contributed by atoms with Gasteiger partial charge in [-0.05, 0) is 25.0 Å². The molecule has 0 bridgehead atoms. The summed E-state index contributed by atoms with van der Waals surface area (Å²) in [6, 6.07) is 1.63. The number of nitrogen functional groups attached to an aromatic ring is 1. The van der Waals surface area contributed by atoms with E-state index in [1.807, 2.05) is 13.8 Å². The van der Waals surface area contributed by atoms with Gasteiger partial charge in [-0.2, -0.15) is 0 Å². The Morgan fingerprint density at radius 2 is 1.95 bits per heavy atom. The highest BCUT2D eigenvalue weighted by Crippen LogP contribution is 2.25. The fourth-order valence-corrected chi connectivity index (χ4v) is 1.92. The molecule has 0 spiro atoms. The Labute approximate surface area is 117 Å². The van der Waals surface area contributed by atoms with Crippen LogP contribution in [-0.4, -0.2) is 24.2 Å². The van der Waals surface area contributed by atoms with Crippen LogP contribution in [0.5, 0.6) is 0 Å². The standard InChI is InChI=1S/C14H20F2N2O2/c1-3-14(4-2,8-19)7-18-13(20)10-5-9(15)6-11(17)12(10)16/h5-6,19H,3-4,7-8,17H2,1-2H3,(H,18,20). The molecule has 1 rings (SSSR count). The predicted octanol–water partition coefficient (Wildman–Crippen LogP) is 2.08. The van der Waals surface area contributed by atoms with Crippen LogP contribution in [0.15, 0.2) is 12.1 Å². The average molecular weight is 286 g/mol. The molecule has 1 aromatic rings. The number of aliphatic hydroxyl groups is 1. The number of aliphatic hydroxyl groups excluding tert-OH is 1. The number of carbonyl (C=O) groups excluding carboxylic acids is 1. The van der Waals surface area contributed by atoms with Crippen molar-refractivity contribution in [1.29, 1.82) is 0 Å². The van der Waals surface area contributed by atoms with Crippen LogP contribution < -0.4 is 11.1 Å². The second-order valence-corrected chi connectivity index (χ2v) is 4.90. The molecule has 1 amide bonds. The molecule has 0 aromatic heterocycles. The summed E-state index contributed by atoms with van der Waals surface area (Å²) < 4.78 is 26.9. The van der Waals surface area contributed by atoms with Gasteiger partial charge >= 0.3 is 0 Å². The van der Waals surface area contributed by atoms with Gasteiger partial charge in [-0.25, -0.2) is 8.78 Å². The zero-order valence-electron chi connectivity index (χ0n) is 11.7. The van der Waals surface area contributed by atoms with Gasteiger partial charge in [-0.1, -0.05) is 13.8 Å². The van der Waals surface area contributed by atoms with Gasteiger partial charge in [-0.15, -0.1) is 0 Å². The lowest BCUT2D eigenvalue weighted by molar-refractivity contribution is 0.0847. The van der Waals surface area contributed by atoms with Crippen LogP contribution in [-0.2, 0) is 0 Å². The number of carbonyl (C=O) groups is 1. The van der Waals surface area contributed by atoms with Gasteiger partial charge in [-0.3, -0.25) is 4.79 Å². The number of rotatable bonds is 6. The molecule has 0 atom stereocenters. The van der Waals surface area contributed by atoms with Crippen molar-refractivity contribution >= 4 is 11.6 Å². The van der Waals surface area contributed by atoms with Gasteiger partial charge in [0.1, 0.15) is 5.82 Å². The van der Waals surface area contributed by atoms with Crippen molar-refractivity contribution in [2.75, 3.05) is 18.9 Å². The Bertz CT molecular complexity index is 480. The van der Waals surface area contributed by atoms with E-state index in [0.29, 0.717) is 12.8 Å². The molecule has 1 aromatic carbocycles. The Balaban J connectivity index is 2.87. The smallest absolute Gasteiger partial charge is 0.254 e. The van der Waals surface area contributed by atoms with E-state index in [2.05, 4.69) is 5.32 Å². The molecule has 112 valence electrons. The minimum atomic E-state index is -0.938. The van der Waals surface area contributed by atoms with Crippen LogP contribution in [0, 0.1) is 17.0 Å². The monoisotopic (exact) mass is 286 g/mol. The summed E-state index contributed by atoms with van der Waals surface area (Å²) in [7, 11) is 0. The second-order valence-electron chi connectivity index (χ2n) is 4.90. The first-order chi connectivity index (χ1) is 9.39. The van der Waals surface area contributed by atoms with E-state index in [9.17, 15) is 18.7 Å². The number of nitrogens with one attached hydrogen (secondary N) is 1. The molecule has 0 saturated carbocycles. The molecule has 4 nitrogen and oxygen atoms in total. The molecule has 0 aliphatic heterocycles. The molecule has 0 radical (unpaired) electrons. The van der Waals surface area contributed by atoms with Crippen LogP contribution in [0.4, 0.5) is 14.5 Å². The van der Waals surface area contributed by atoms with E-state index < -0.39 is 34.2 Å². The van der Waals surface area contributed by atoms with Gasteiger partial charge in [0.2, 0.25) is 0 Å². The van der Waals surface area contributed by atoms with E-state index in [1.165, 1.54) is 0 Å². The van der Waals surface area contributed by atoms with Gasteiger partial charge in [0.25, 0.3) is 5.91 Å². The second kappa shape index (κ2) is 6.65. The fraction of sp³-hybridized carbons (Fsp3) is 0.500. The van der Waals surface area contributed by atoms with Crippen LogP contribution in [0.3, 0.4) is 0 Å². The van der Waals surface area contributed by atoms with E-state index >= 15 is 0 Å². The number of hydrogen-bond acceptors (Lipinski definition) is 3. The zero-order valence-corrected chi connectivity index (χ0v) is 11.7. The highest BCUT2D eigenvalue weighted by atomic mass is 19.1. The van der Waals surface area contributed by atoms with Crippen molar-refractivity contribution < 1.29 is 18.7 Å². The summed E-state index contributed by atoms with van der Waals surface area (Å²) in [4.78, 5) is 11.9. The maximum absolute atomic E-state index is 13.7. The molecule has 0 saturated heterocycles. The number of amides is 1.